The SMILES string of the molecule is CCOC(=O)C1=C(N)N(c2ccccc2)C2=C(Cc3ccc(Cl)cc3S2)C1c1cc(Cl)ccc1Cl. The average Bonchev–Trinajstić information content (AvgIpc) is 2.84. The molecule has 0 aromatic heterocycles. The Kier molecular flexibility index (Phi) is 6.78. The molecule has 8 heteroatoms. The highest BCUT2D eigenvalue weighted by atomic mass is 35.5. The number of nitrogens with zero attached hydrogens (tertiary/aromatic N) is 1. The lowest BCUT2D eigenvalue weighted by Gasteiger charge is -2.41. The highest BCUT2D eigenvalue weighted by Crippen LogP contribution is 2.53. The Balaban J connectivity index is 1.79. The van der Waals surface area contributed by atoms with Gasteiger partial charge in [0.2, 0.25) is 0 Å². The first-order valence-electron chi connectivity index (χ1n) is 11.0. The Hall–Kier alpha value is -2.57. The van der Waals surface area contributed by atoms with E-state index in [1.165, 1.54) is 0 Å². The predicted molar refractivity (Wildman–Crippen MR) is 144 cm³/mol. The fourth-order valence-corrected chi connectivity index (χ4v) is 6.46. The standard InChI is InChI=1S/C27H21Cl3N2O2S/c1-2-34-27(33)24-23(19-13-16(28)10-11-21(19)30)20-12-15-8-9-17(29)14-22(15)35-26(20)32(25(24)31)18-6-4-3-5-7-18/h3-11,13-14,23H,2,12,31H2,1H3. The largest absolute Gasteiger partial charge is 0.463 e. The zero-order chi connectivity index (χ0) is 24.7. The van der Waals surface area contributed by atoms with Gasteiger partial charge in [-0.1, -0.05) is 70.8 Å². The number of halogens is 3. The van der Waals surface area contributed by atoms with Crippen LogP contribution in [0, 0.1) is 0 Å². The van der Waals surface area contributed by atoms with Crippen molar-refractivity contribution in [2.75, 3.05) is 11.5 Å². The molecule has 2 aliphatic rings. The van der Waals surface area contributed by atoms with Crippen LogP contribution in [0.15, 0.2) is 93.6 Å². The number of thioether (sulfide) groups is 1. The summed E-state index contributed by atoms with van der Waals surface area (Å²) in [6, 6.07) is 20.8. The van der Waals surface area contributed by atoms with Gasteiger partial charge < -0.3 is 10.5 Å². The zero-order valence-electron chi connectivity index (χ0n) is 18.7. The summed E-state index contributed by atoms with van der Waals surface area (Å²) in [6.07, 6.45) is 0.585. The van der Waals surface area contributed by atoms with Gasteiger partial charge in [0.15, 0.2) is 0 Å². The van der Waals surface area contributed by atoms with Crippen LogP contribution in [-0.2, 0) is 16.0 Å². The third-order valence-corrected chi connectivity index (χ3v) is 8.08. The third kappa shape index (κ3) is 4.43. The summed E-state index contributed by atoms with van der Waals surface area (Å²) in [5.41, 5.74) is 10.8. The first kappa shape index (κ1) is 24.1. The second-order valence-electron chi connectivity index (χ2n) is 8.15. The molecule has 178 valence electrons. The molecule has 3 aromatic rings. The number of ether oxygens (including phenoxy) is 1. The van der Waals surface area contributed by atoms with Crippen molar-refractivity contribution < 1.29 is 9.53 Å². The van der Waals surface area contributed by atoms with E-state index in [2.05, 4.69) is 0 Å². The van der Waals surface area contributed by atoms with Gasteiger partial charge >= 0.3 is 5.97 Å². The molecule has 0 bridgehead atoms. The number of para-hydroxylation sites is 1. The van der Waals surface area contributed by atoms with E-state index in [0.29, 0.717) is 38.4 Å². The minimum atomic E-state index is -0.522. The van der Waals surface area contributed by atoms with E-state index in [0.717, 1.165) is 26.7 Å². The van der Waals surface area contributed by atoms with E-state index in [-0.39, 0.29) is 6.61 Å². The van der Waals surface area contributed by atoms with Crippen LogP contribution in [-0.4, -0.2) is 12.6 Å². The van der Waals surface area contributed by atoms with Crippen molar-refractivity contribution in [3.05, 3.63) is 115 Å². The lowest BCUT2D eigenvalue weighted by molar-refractivity contribution is -0.138. The molecule has 0 radical (unpaired) electrons. The molecule has 4 nitrogen and oxygen atoms in total. The number of nitrogens with two attached hydrogens (primary N) is 1. The molecule has 5 rings (SSSR count). The molecule has 3 aromatic carbocycles. The van der Waals surface area contributed by atoms with Gasteiger partial charge in [0.05, 0.1) is 17.2 Å². The van der Waals surface area contributed by atoms with E-state index in [1.54, 1.807) is 36.9 Å². The lowest BCUT2D eigenvalue weighted by atomic mass is 9.79. The molecule has 0 amide bonds. The third-order valence-electron chi connectivity index (χ3n) is 6.03. The molecule has 2 N–H and O–H groups in total. The Morgan fingerprint density at radius 2 is 1.77 bits per heavy atom. The van der Waals surface area contributed by atoms with Gasteiger partial charge in [0.1, 0.15) is 5.82 Å². The number of benzene rings is 3. The summed E-state index contributed by atoms with van der Waals surface area (Å²) in [5.74, 6) is -0.704. The molecule has 0 saturated carbocycles. The van der Waals surface area contributed by atoms with E-state index in [4.69, 9.17) is 45.3 Å². The van der Waals surface area contributed by atoms with Crippen molar-refractivity contribution in [3.8, 4) is 0 Å². The van der Waals surface area contributed by atoms with Crippen LogP contribution in [0.2, 0.25) is 15.1 Å². The van der Waals surface area contributed by atoms with Crippen LogP contribution in [0.4, 0.5) is 5.69 Å². The second-order valence-corrected chi connectivity index (χ2v) is 10.5. The van der Waals surface area contributed by atoms with Crippen molar-refractivity contribution in [1.29, 1.82) is 0 Å². The van der Waals surface area contributed by atoms with Gasteiger partial charge in [-0.05, 0) is 72.5 Å². The number of hydrogen-bond donors (Lipinski definition) is 1. The number of carbonyl (C=O) groups is 1. The number of allylic oxidation sites excluding steroid dienone is 1. The molecule has 0 aliphatic carbocycles. The number of anilines is 1. The Morgan fingerprint density at radius 3 is 2.51 bits per heavy atom. The van der Waals surface area contributed by atoms with E-state index in [9.17, 15) is 4.79 Å². The number of hydrogen-bond acceptors (Lipinski definition) is 5. The minimum absolute atomic E-state index is 0.221. The zero-order valence-corrected chi connectivity index (χ0v) is 21.8. The van der Waals surface area contributed by atoms with Crippen LogP contribution >= 0.6 is 46.6 Å². The van der Waals surface area contributed by atoms with Crippen molar-refractivity contribution >= 4 is 58.2 Å². The highest BCUT2D eigenvalue weighted by Gasteiger charge is 2.42. The minimum Gasteiger partial charge on any atom is -0.463 e. The van der Waals surface area contributed by atoms with Crippen LogP contribution in [0.25, 0.3) is 0 Å². The molecule has 35 heavy (non-hydrogen) atoms. The Labute approximate surface area is 223 Å². The molecule has 0 saturated heterocycles. The van der Waals surface area contributed by atoms with Crippen LogP contribution < -0.4 is 10.6 Å². The summed E-state index contributed by atoms with van der Waals surface area (Å²) in [5, 5.41) is 2.60. The smallest absolute Gasteiger partial charge is 0.338 e. The van der Waals surface area contributed by atoms with Gasteiger partial charge in [0, 0.05) is 31.6 Å². The fraction of sp³-hybridized carbons (Fsp3) is 0.148. The summed E-state index contributed by atoms with van der Waals surface area (Å²) in [7, 11) is 0. The molecule has 1 unspecified atom stereocenters. The summed E-state index contributed by atoms with van der Waals surface area (Å²) >= 11 is 21.0. The highest BCUT2D eigenvalue weighted by molar-refractivity contribution is 8.03. The molecule has 2 aliphatic heterocycles. The van der Waals surface area contributed by atoms with Gasteiger partial charge in [-0.2, -0.15) is 0 Å². The predicted octanol–water partition coefficient (Wildman–Crippen LogP) is 7.54. The number of fused-ring (bicyclic) bond motifs is 1. The number of rotatable bonds is 4. The number of carbonyl (C=O) groups excluding carboxylic acids is 1. The Morgan fingerprint density at radius 1 is 1.06 bits per heavy atom. The van der Waals surface area contributed by atoms with Gasteiger partial charge in [0.25, 0.3) is 0 Å². The van der Waals surface area contributed by atoms with Crippen molar-refractivity contribution in [1.82, 2.24) is 0 Å². The topological polar surface area (TPSA) is 55.6 Å². The maximum Gasteiger partial charge on any atom is 0.338 e. The molecule has 1 atom stereocenters. The summed E-state index contributed by atoms with van der Waals surface area (Å²) in [6.45, 7) is 1.99. The van der Waals surface area contributed by atoms with Crippen LogP contribution in [0.3, 0.4) is 0 Å². The second kappa shape index (κ2) is 9.82. The summed E-state index contributed by atoms with van der Waals surface area (Å²) < 4.78 is 5.50. The van der Waals surface area contributed by atoms with Crippen LogP contribution in [0.5, 0.6) is 0 Å². The first-order chi connectivity index (χ1) is 16.9. The van der Waals surface area contributed by atoms with Crippen LogP contribution in [0.1, 0.15) is 24.0 Å². The quantitative estimate of drug-likeness (QED) is 0.344. The summed E-state index contributed by atoms with van der Waals surface area (Å²) in [4.78, 5) is 16.4. The van der Waals surface area contributed by atoms with Crippen molar-refractivity contribution in [3.63, 3.8) is 0 Å². The van der Waals surface area contributed by atoms with Gasteiger partial charge in [-0.25, -0.2) is 4.79 Å². The molecule has 0 fully saturated rings. The average molecular weight is 544 g/mol. The van der Waals surface area contributed by atoms with E-state index < -0.39 is 11.9 Å². The molecular formula is C27H21Cl3N2O2S. The molecular weight excluding hydrogens is 523 g/mol. The van der Waals surface area contributed by atoms with E-state index >= 15 is 0 Å². The lowest BCUT2D eigenvalue weighted by Crippen LogP contribution is -2.38. The van der Waals surface area contributed by atoms with E-state index in [1.807, 2.05) is 53.4 Å². The maximum atomic E-state index is 13.4. The Bertz CT molecular complexity index is 1390. The van der Waals surface area contributed by atoms with Gasteiger partial charge in [-0.3, -0.25) is 4.90 Å². The van der Waals surface area contributed by atoms with Crippen molar-refractivity contribution in [2.24, 2.45) is 5.73 Å². The van der Waals surface area contributed by atoms with Gasteiger partial charge in [-0.15, -0.1) is 0 Å². The monoisotopic (exact) mass is 542 g/mol. The maximum absolute atomic E-state index is 13.4. The van der Waals surface area contributed by atoms with Crippen molar-refractivity contribution in [2.45, 2.75) is 24.2 Å². The normalized spacial score (nSPS) is 17.3. The molecule has 2 heterocycles. The molecule has 0 spiro atoms. The number of esters is 1. The first-order valence-corrected chi connectivity index (χ1v) is 13.0. The fourth-order valence-electron chi connectivity index (χ4n) is 4.53.